The maximum atomic E-state index is 11.7. The van der Waals surface area contributed by atoms with E-state index in [1.807, 2.05) is 0 Å². The second-order valence-electron chi connectivity index (χ2n) is 3.49. The SMILES string of the molecule is CCOC(=O)c1cccc(NN=C(C#N)C#N)c1C. The van der Waals surface area contributed by atoms with Crippen molar-refractivity contribution in [3.63, 3.8) is 0 Å². The van der Waals surface area contributed by atoms with Crippen LogP contribution < -0.4 is 5.43 Å². The van der Waals surface area contributed by atoms with Crippen LogP contribution in [-0.2, 0) is 4.74 Å². The highest BCUT2D eigenvalue weighted by atomic mass is 16.5. The average molecular weight is 256 g/mol. The quantitative estimate of drug-likeness (QED) is 0.504. The van der Waals surface area contributed by atoms with Crippen LogP contribution in [-0.4, -0.2) is 18.3 Å². The van der Waals surface area contributed by atoms with E-state index in [0.717, 1.165) is 0 Å². The second-order valence-corrected chi connectivity index (χ2v) is 3.49. The topological polar surface area (TPSA) is 98.3 Å². The molecule has 1 N–H and O–H groups in total. The largest absolute Gasteiger partial charge is 0.462 e. The van der Waals surface area contributed by atoms with Gasteiger partial charge in [0.05, 0.1) is 17.9 Å². The van der Waals surface area contributed by atoms with Crippen LogP contribution in [0.2, 0.25) is 0 Å². The van der Waals surface area contributed by atoms with E-state index < -0.39 is 5.97 Å². The highest BCUT2D eigenvalue weighted by Gasteiger charge is 2.12. The van der Waals surface area contributed by atoms with Crippen molar-refractivity contribution in [1.29, 1.82) is 10.5 Å². The van der Waals surface area contributed by atoms with E-state index in [1.165, 1.54) is 0 Å². The Morgan fingerprint density at radius 2 is 2.11 bits per heavy atom. The first kappa shape index (κ1) is 14.2. The molecule has 0 aliphatic rings. The summed E-state index contributed by atoms with van der Waals surface area (Å²) in [5.74, 6) is -0.423. The van der Waals surface area contributed by atoms with Crippen molar-refractivity contribution >= 4 is 17.4 Å². The van der Waals surface area contributed by atoms with E-state index in [2.05, 4.69) is 10.5 Å². The monoisotopic (exact) mass is 256 g/mol. The molecule has 1 aromatic rings. The number of ether oxygens (including phenoxy) is 1. The van der Waals surface area contributed by atoms with Crippen molar-refractivity contribution < 1.29 is 9.53 Å². The minimum atomic E-state index is -0.423. The minimum absolute atomic E-state index is 0.291. The number of esters is 1. The molecule has 6 heteroatoms. The van der Waals surface area contributed by atoms with Crippen molar-refractivity contribution in [2.24, 2.45) is 5.10 Å². The van der Waals surface area contributed by atoms with Crippen LogP contribution in [0.1, 0.15) is 22.8 Å². The van der Waals surface area contributed by atoms with E-state index in [-0.39, 0.29) is 5.71 Å². The van der Waals surface area contributed by atoms with Crippen LogP contribution in [0.3, 0.4) is 0 Å². The Kier molecular flexibility index (Phi) is 5.06. The van der Waals surface area contributed by atoms with Crippen molar-refractivity contribution in [3.05, 3.63) is 29.3 Å². The number of carbonyl (C=O) groups is 1. The van der Waals surface area contributed by atoms with E-state index >= 15 is 0 Å². The molecule has 0 atom stereocenters. The summed E-state index contributed by atoms with van der Waals surface area (Å²) in [6, 6.07) is 8.26. The van der Waals surface area contributed by atoms with Gasteiger partial charge in [-0.05, 0) is 31.5 Å². The fraction of sp³-hybridized carbons (Fsp3) is 0.231. The Balaban J connectivity index is 3.03. The lowest BCUT2D eigenvalue weighted by Gasteiger charge is -2.09. The average Bonchev–Trinajstić information content (AvgIpc) is 2.41. The first-order valence-electron chi connectivity index (χ1n) is 5.54. The molecule has 6 nitrogen and oxygen atoms in total. The summed E-state index contributed by atoms with van der Waals surface area (Å²) in [7, 11) is 0. The number of nitrogens with zero attached hydrogens (tertiary/aromatic N) is 3. The van der Waals surface area contributed by atoms with Gasteiger partial charge in [0.2, 0.25) is 5.71 Å². The van der Waals surface area contributed by atoms with E-state index in [4.69, 9.17) is 15.3 Å². The zero-order chi connectivity index (χ0) is 14.3. The van der Waals surface area contributed by atoms with Gasteiger partial charge in [-0.25, -0.2) is 4.79 Å². The molecule has 0 fully saturated rings. The van der Waals surface area contributed by atoms with Crippen molar-refractivity contribution in [3.8, 4) is 12.1 Å². The van der Waals surface area contributed by atoms with Gasteiger partial charge in [0.1, 0.15) is 12.1 Å². The van der Waals surface area contributed by atoms with Gasteiger partial charge in [0, 0.05) is 0 Å². The summed E-state index contributed by atoms with van der Waals surface area (Å²) >= 11 is 0. The van der Waals surface area contributed by atoms with Gasteiger partial charge in [0.25, 0.3) is 0 Å². The van der Waals surface area contributed by atoms with Gasteiger partial charge in [-0.1, -0.05) is 6.07 Å². The van der Waals surface area contributed by atoms with E-state index in [9.17, 15) is 4.79 Å². The van der Waals surface area contributed by atoms with Crippen LogP contribution in [0.5, 0.6) is 0 Å². The Labute approximate surface area is 110 Å². The first-order valence-corrected chi connectivity index (χ1v) is 5.54. The number of nitrogens with one attached hydrogen (secondary N) is 1. The lowest BCUT2D eigenvalue weighted by Crippen LogP contribution is -2.08. The number of rotatable bonds is 4. The number of nitriles is 2. The highest BCUT2D eigenvalue weighted by molar-refractivity contribution is 6.10. The zero-order valence-electron chi connectivity index (χ0n) is 10.6. The third-order valence-electron chi connectivity index (χ3n) is 2.33. The van der Waals surface area contributed by atoms with Gasteiger partial charge >= 0.3 is 5.97 Å². The Morgan fingerprint density at radius 1 is 1.42 bits per heavy atom. The maximum absolute atomic E-state index is 11.7. The molecule has 19 heavy (non-hydrogen) atoms. The normalized spacial score (nSPS) is 8.84. The van der Waals surface area contributed by atoms with E-state index in [1.54, 1.807) is 44.2 Å². The Hall–Kier alpha value is -2.86. The van der Waals surface area contributed by atoms with Crippen LogP contribution in [0, 0.1) is 29.6 Å². The standard InChI is InChI=1S/C13H12N4O2/c1-3-19-13(18)11-5-4-6-12(9(11)2)17-16-10(7-14)8-15/h4-6,17H,3H2,1-2H3. The van der Waals surface area contributed by atoms with Gasteiger partial charge in [-0.3, -0.25) is 5.43 Å². The molecule has 0 saturated carbocycles. The van der Waals surface area contributed by atoms with Crippen molar-refractivity contribution in [2.75, 3.05) is 12.0 Å². The fourth-order valence-corrected chi connectivity index (χ4v) is 1.38. The number of hydrazone groups is 1. The summed E-state index contributed by atoms with van der Waals surface area (Å²) in [5.41, 5.74) is 3.89. The zero-order valence-corrected chi connectivity index (χ0v) is 10.6. The third kappa shape index (κ3) is 3.55. The molecular formula is C13H12N4O2. The van der Waals surface area contributed by atoms with Gasteiger partial charge in [0.15, 0.2) is 0 Å². The van der Waals surface area contributed by atoms with Crippen molar-refractivity contribution in [1.82, 2.24) is 0 Å². The van der Waals surface area contributed by atoms with E-state index in [0.29, 0.717) is 23.4 Å². The lowest BCUT2D eigenvalue weighted by molar-refractivity contribution is 0.0525. The van der Waals surface area contributed by atoms with Gasteiger partial charge in [-0.15, -0.1) is 0 Å². The summed E-state index contributed by atoms with van der Waals surface area (Å²) < 4.78 is 4.92. The molecule has 0 saturated heterocycles. The predicted molar refractivity (Wildman–Crippen MR) is 69.4 cm³/mol. The molecule has 0 aliphatic heterocycles. The minimum Gasteiger partial charge on any atom is -0.462 e. The van der Waals surface area contributed by atoms with Gasteiger partial charge in [-0.2, -0.15) is 15.6 Å². The Morgan fingerprint density at radius 3 is 2.68 bits per heavy atom. The number of anilines is 1. The third-order valence-corrected chi connectivity index (χ3v) is 2.33. The number of hydrogen-bond donors (Lipinski definition) is 1. The first-order chi connectivity index (χ1) is 9.13. The Bertz CT molecular complexity index is 578. The maximum Gasteiger partial charge on any atom is 0.338 e. The molecule has 0 aromatic heterocycles. The van der Waals surface area contributed by atoms with Gasteiger partial charge < -0.3 is 4.74 Å². The molecule has 0 spiro atoms. The molecule has 0 aliphatic carbocycles. The summed E-state index contributed by atoms with van der Waals surface area (Å²) in [4.78, 5) is 11.7. The number of carbonyl (C=O) groups excluding carboxylic acids is 1. The van der Waals surface area contributed by atoms with Crippen LogP contribution in [0.25, 0.3) is 0 Å². The molecule has 0 radical (unpaired) electrons. The summed E-state index contributed by atoms with van der Waals surface area (Å²) in [5, 5.41) is 20.8. The highest BCUT2D eigenvalue weighted by Crippen LogP contribution is 2.19. The fourth-order valence-electron chi connectivity index (χ4n) is 1.38. The van der Waals surface area contributed by atoms with Crippen LogP contribution in [0.4, 0.5) is 5.69 Å². The number of benzene rings is 1. The van der Waals surface area contributed by atoms with Crippen LogP contribution in [0.15, 0.2) is 23.3 Å². The molecular weight excluding hydrogens is 244 g/mol. The lowest BCUT2D eigenvalue weighted by atomic mass is 10.1. The number of hydrogen-bond acceptors (Lipinski definition) is 6. The smallest absolute Gasteiger partial charge is 0.338 e. The molecule has 1 rings (SSSR count). The summed E-state index contributed by atoms with van der Waals surface area (Å²) in [6.45, 7) is 3.75. The molecule has 0 amide bonds. The molecule has 0 heterocycles. The molecule has 0 bridgehead atoms. The molecule has 96 valence electrons. The predicted octanol–water partition coefficient (Wildman–Crippen LogP) is 1.99. The van der Waals surface area contributed by atoms with Crippen LogP contribution >= 0.6 is 0 Å². The molecule has 0 unspecified atom stereocenters. The van der Waals surface area contributed by atoms with Crippen molar-refractivity contribution in [2.45, 2.75) is 13.8 Å². The second kappa shape index (κ2) is 6.77. The molecule has 1 aromatic carbocycles. The summed E-state index contributed by atoms with van der Waals surface area (Å²) in [6.07, 6.45) is 0.